The van der Waals surface area contributed by atoms with Crippen LogP contribution in [0.1, 0.15) is 20.8 Å². The molecule has 0 aliphatic rings. The van der Waals surface area contributed by atoms with Crippen LogP contribution in [-0.4, -0.2) is 38.4 Å². The maximum atomic E-state index is 11.9. The molecule has 0 radical (unpaired) electrons. The lowest BCUT2D eigenvalue weighted by Crippen LogP contribution is -2.47. The number of benzene rings is 1. The van der Waals surface area contributed by atoms with Crippen molar-refractivity contribution >= 4 is 15.9 Å². The van der Waals surface area contributed by atoms with E-state index in [1.54, 1.807) is 25.2 Å². The second kappa shape index (κ2) is 5.71. The first-order chi connectivity index (χ1) is 8.64. The van der Waals surface area contributed by atoms with Crippen LogP contribution < -0.4 is 4.72 Å². The first kappa shape index (κ1) is 15.7. The minimum Gasteiger partial charge on any atom is -0.340 e. The summed E-state index contributed by atoms with van der Waals surface area (Å²) in [4.78, 5) is 13.5. The molecule has 0 spiro atoms. The SMILES string of the molecule is CN(C(=O)CNS(=O)(=O)c1ccccc1)C(C)(C)C. The number of likely N-dealkylation sites (N-methyl/N-ethyl adjacent to an activating group) is 1. The van der Waals surface area contributed by atoms with Gasteiger partial charge in [-0.05, 0) is 32.9 Å². The van der Waals surface area contributed by atoms with Gasteiger partial charge in [0.15, 0.2) is 0 Å². The number of rotatable bonds is 4. The number of carbonyl (C=O) groups is 1. The predicted octanol–water partition coefficient (Wildman–Crippen LogP) is 1.22. The van der Waals surface area contributed by atoms with Crippen LogP contribution in [0.2, 0.25) is 0 Å². The van der Waals surface area contributed by atoms with Crippen LogP contribution in [0, 0.1) is 0 Å². The van der Waals surface area contributed by atoms with Crippen LogP contribution in [0.3, 0.4) is 0 Å². The fraction of sp³-hybridized carbons (Fsp3) is 0.462. The Morgan fingerprint density at radius 3 is 2.21 bits per heavy atom. The van der Waals surface area contributed by atoms with Gasteiger partial charge in [-0.25, -0.2) is 13.1 Å². The van der Waals surface area contributed by atoms with Gasteiger partial charge in [0.1, 0.15) is 0 Å². The second-order valence-corrected chi connectivity index (χ2v) is 7.03. The minimum atomic E-state index is -3.63. The molecule has 0 bridgehead atoms. The molecule has 0 aromatic heterocycles. The molecule has 0 atom stereocenters. The number of amides is 1. The Kier molecular flexibility index (Phi) is 4.70. The van der Waals surface area contributed by atoms with Crippen molar-refractivity contribution < 1.29 is 13.2 Å². The molecule has 0 unspecified atom stereocenters. The van der Waals surface area contributed by atoms with Gasteiger partial charge in [-0.1, -0.05) is 18.2 Å². The predicted molar refractivity (Wildman–Crippen MR) is 74.2 cm³/mol. The summed E-state index contributed by atoms with van der Waals surface area (Å²) in [6, 6.07) is 7.98. The Morgan fingerprint density at radius 2 is 1.74 bits per heavy atom. The Morgan fingerprint density at radius 1 is 1.21 bits per heavy atom. The van der Waals surface area contributed by atoms with Gasteiger partial charge >= 0.3 is 0 Å². The molecule has 0 saturated heterocycles. The first-order valence-corrected chi connectivity index (χ1v) is 7.44. The van der Waals surface area contributed by atoms with E-state index >= 15 is 0 Å². The van der Waals surface area contributed by atoms with Crippen molar-refractivity contribution in [2.24, 2.45) is 0 Å². The third-order valence-electron chi connectivity index (χ3n) is 2.85. The van der Waals surface area contributed by atoms with Gasteiger partial charge in [0.25, 0.3) is 0 Å². The van der Waals surface area contributed by atoms with Gasteiger partial charge < -0.3 is 4.90 Å². The molecule has 1 N–H and O–H groups in total. The van der Waals surface area contributed by atoms with E-state index in [0.717, 1.165) is 0 Å². The highest BCUT2D eigenvalue weighted by Gasteiger charge is 2.23. The van der Waals surface area contributed by atoms with Crippen molar-refractivity contribution in [1.82, 2.24) is 9.62 Å². The summed E-state index contributed by atoms with van der Waals surface area (Å²) < 4.78 is 26.2. The maximum Gasteiger partial charge on any atom is 0.241 e. The van der Waals surface area contributed by atoms with Crippen LogP contribution >= 0.6 is 0 Å². The molecule has 1 amide bonds. The Labute approximate surface area is 114 Å². The number of hydrogen-bond acceptors (Lipinski definition) is 3. The summed E-state index contributed by atoms with van der Waals surface area (Å²) in [5, 5.41) is 0. The van der Waals surface area contributed by atoms with E-state index in [1.807, 2.05) is 20.8 Å². The highest BCUT2D eigenvalue weighted by atomic mass is 32.2. The zero-order chi connectivity index (χ0) is 14.7. The highest BCUT2D eigenvalue weighted by Crippen LogP contribution is 2.11. The molecule has 1 aromatic rings. The van der Waals surface area contributed by atoms with Crippen molar-refractivity contribution in [3.63, 3.8) is 0 Å². The molecule has 0 aliphatic carbocycles. The molecule has 5 nitrogen and oxygen atoms in total. The van der Waals surface area contributed by atoms with Crippen LogP contribution in [0.4, 0.5) is 0 Å². The second-order valence-electron chi connectivity index (χ2n) is 5.26. The molecular weight excluding hydrogens is 264 g/mol. The van der Waals surface area contributed by atoms with Crippen molar-refractivity contribution in [2.45, 2.75) is 31.2 Å². The summed E-state index contributed by atoms with van der Waals surface area (Å²) in [5.41, 5.74) is -0.338. The summed E-state index contributed by atoms with van der Waals surface area (Å²) in [6.07, 6.45) is 0. The van der Waals surface area contributed by atoms with Gasteiger partial charge in [0, 0.05) is 12.6 Å². The van der Waals surface area contributed by atoms with Gasteiger partial charge in [0.2, 0.25) is 15.9 Å². The normalized spacial score (nSPS) is 12.2. The molecule has 1 aromatic carbocycles. The lowest BCUT2D eigenvalue weighted by molar-refractivity contribution is -0.132. The van der Waals surface area contributed by atoms with E-state index in [0.29, 0.717) is 0 Å². The molecule has 19 heavy (non-hydrogen) atoms. The van der Waals surface area contributed by atoms with Crippen LogP contribution in [-0.2, 0) is 14.8 Å². The molecular formula is C13H20N2O3S. The molecule has 0 heterocycles. The van der Waals surface area contributed by atoms with E-state index in [4.69, 9.17) is 0 Å². The minimum absolute atomic E-state index is 0.154. The number of hydrogen-bond donors (Lipinski definition) is 1. The van der Waals surface area contributed by atoms with Crippen LogP contribution in [0.15, 0.2) is 35.2 Å². The number of nitrogens with one attached hydrogen (secondary N) is 1. The topological polar surface area (TPSA) is 66.5 Å². The summed E-state index contributed by atoms with van der Waals surface area (Å²) >= 11 is 0. The monoisotopic (exact) mass is 284 g/mol. The third kappa shape index (κ3) is 4.33. The largest absolute Gasteiger partial charge is 0.340 e. The van der Waals surface area contributed by atoms with Crippen LogP contribution in [0.25, 0.3) is 0 Å². The number of nitrogens with zero attached hydrogens (tertiary/aromatic N) is 1. The van der Waals surface area contributed by atoms with Crippen molar-refractivity contribution in [3.05, 3.63) is 30.3 Å². The lowest BCUT2D eigenvalue weighted by atomic mass is 10.1. The zero-order valence-electron chi connectivity index (χ0n) is 11.7. The van der Waals surface area contributed by atoms with E-state index < -0.39 is 10.0 Å². The first-order valence-electron chi connectivity index (χ1n) is 5.96. The van der Waals surface area contributed by atoms with Gasteiger partial charge in [-0.15, -0.1) is 0 Å². The van der Waals surface area contributed by atoms with Gasteiger partial charge in [-0.3, -0.25) is 4.79 Å². The molecule has 0 saturated carbocycles. The Bertz CT molecular complexity index is 533. The Hall–Kier alpha value is -1.40. The fourth-order valence-electron chi connectivity index (χ4n) is 1.33. The average Bonchev–Trinajstić information content (AvgIpc) is 2.35. The quantitative estimate of drug-likeness (QED) is 0.904. The smallest absolute Gasteiger partial charge is 0.241 e. The van der Waals surface area contributed by atoms with E-state index in [-0.39, 0.29) is 22.9 Å². The molecule has 106 valence electrons. The summed E-state index contributed by atoms with van der Waals surface area (Å²) in [5.74, 6) is -0.271. The maximum absolute atomic E-state index is 11.9. The number of sulfonamides is 1. The average molecular weight is 284 g/mol. The lowest BCUT2D eigenvalue weighted by Gasteiger charge is -2.32. The Balaban J connectivity index is 2.70. The molecule has 6 heteroatoms. The number of carbonyl (C=O) groups excluding carboxylic acids is 1. The molecule has 1 rings (SSSR count). The zero-order valence-corrected chi connectivity index (χ0v) is 12.5. The standard InChI is InChI=1S/C13H20N2O3S/c1-13(2,3)15(4)12(16)10-14-19(17,18)11-8-6-5-7-9-11/h5-9,14H,10H2,1-4H3. The summed E-state index contributed by atoms with van der Waals surface area (Å²) in [7, 11) is -1.98. The van der Waals surface area contributed by atoms with E-state index in [1.165, 1.54) is 17.0 Å². The van der Waals surface area contributed by atoms with Crippen molar-refractivity contribution in [2.75, 3.05) is 13.6 Å². The van der Waals surface area contributed by atoms with Gasteiger partial charge in [-0.2, -0.15) is 0 Å². The van der Waals surface area contributed by atoms with Crippen molar-refractivity contribution in [1.29, 1.82) is 0 Å². The molecule has 0 aliphatic heterocycles. The summed E-state index contributed by atoms with van der Waals surface area (Å²) in [6.45, 7) is 5.41. The van der Waals surface area contributed by atoms with Gasteiger partial charge in [0.05, 0.1) is 11.4 Å². The highest BCUT2D eigenvalue weighted by molar-refractivity contribution is 7.89. The van der Waals surface area contributed by atoms with Crippen LogP contribution in [0.5, 0.6) is 0 Å². The van der Waals surface area contributed by atoms with E-state index in [2.05, 4.69) is 4.72 Å². The van der Waals surface area contributed by atoms with E-state index in [9.17, 15) is 13.2 Å². The van der Waals surface area contributed by atoms with Crippen molar-refractivity contribution in [3.8, 4) is 0 Å². The molecule has 0 fully saturated rings. The fourth-order valence-corrected chi connectivity index (χ4v) is 2.33. The third-order valence-corrected chi connectivity index (χ3v) is 4.26.